The number of carbonyl (C=O) groups is 1. The normalized spacial score (nSPS) is 10.4. The molecular weight excluding hydrogens is 372 g/mol. The van der Waals surface area contributed by atoms with E-state index in [2.05, 4.69) is 31.0 Å². The summed E-state index contributed by atoms with van der Waals surface area (Å²) in [5.41, 5.74) is 2.00. The monoisotopic (exact) mass is 388 g/mol. The molecule has 4 rings (SSSR count). The molecule has 2 heterocycles. The molecule has 0 aliphatic carbocycles. The molecule has 2 aromatic heterocycles. The minimum atomic E-state index is -0.304. The summed E-state index contributed by atoms with van der Waals surface area (Å²) >= 11 is 1.52. The number of hydrogen-bond acceptors (Lipinski definition) is 7. The number of benzene rings is 2. The zero-order chi connectivity index (χ0) is 19.2. The van der Waals surface area contributed by atoms with E-state index >= 15 is 0 Å². The number of aromatic nitrogens is 4. The molecule has 138 valence electrons. The van der Waals surface area contributed by atoms with Gasteiger partial charge in [0, 0.05) is 11.3 Å². The molecule has 28 heavy (non-hydrogen) atoms. The maximum atomic E-state index is 12.2. The summed E-state index contributed by atoms with van der Waals surface area (Å²) in [6, 6.07) is 22.5. The highest BCUT2D eigenvalue weighted by molar-refractivity contribution is 7.14. The van der Waals surface area contributed by atoms with Gasteiger partial charge in [0.25, 0.3) is 5.91 Å². The molecule has 0 radical (unpaired) electrons. The minimum Gasteiger partial charge on any atom is -0.362 e. The first kappa shape index (κ1) is 17.7. The Morgan fingerprint density at radius 3 is 2.29 bits per heavy atom. The zero-order valence-electron chi connectivity index (χ0n) is 14.7. The van der Waals surface area contributed by atoms with Crippen LogP contribution in [0, 0.1) is 0 Å². The number of anilines is 2. The van der Waals surface area contributed by atoms with Gasteiger partial charge < -0.3 is 10.6 Å². The molecule has 0 saturated carbocycles. The van der Waals surface area contributed by atoms with Gasteiger partial charge in [-0.1, -0.05) is 59.9 Å². The lowest BCUT2D eigenvalue weighted by Gasteiger charge is -2.05. The summed E-state index contributed by atoms with van der Waals surface area (Å²) in [5, 5.41) is 24.1. The van der Waals surface area contributed by atoms with Crippen LogP contribution in [-0.2, 0) is 6.54 Å². The number of nitrogens with zero attached hydrogens (tertiary/aromatic N) is 4. The summed E-state index contributed by atoms with van der Waals surface area (Å²) in [6.07, 6.45) is 0. The van der Waals surface area contributed by atoms with Crippen molar-refractivity contribution in [1.29, 1.82) is 0 Å². The molecule has 8 heteroatoms. The van der Waals surface area contributed by atoms with E-state index < -0.39 is 0 Å². The Labute approximate surface area is 165 Å². The minimum absolute atomic E-state index is 0.247. The quantitative estimate of drug-likeness (QED) is 0.521. The van der Waals surface area contributed by atoms with Crippen LogP contribution in [0.3, 0.4) is 0 Å². The highest BCUT2D eigenvalue weighted by atomic mass is 32.1. The fourth-order valence-electron chi connectivity index (χ4n) is 2.45. The second kappa shape index (κ2) is 8.36. The first-order valence-electron chi connectivity index (χ1n) is 8.60. The van der Waals surface area contributed by atoms with Gasteiger partial charge in [0.2, 0.25) is 0 Å². The van der Waals surface area contributed by atoms with Crippen LogP contribution in [0.4, 0.5) is 11.5 Å². The van der Waals surface area contributed by atoms with Gasteiger partial charge in [-0.25, -0.2) is 0 Å². The number of amides is 1. The van der Waals surface area contributed by atoms with Crippen LogP contribution in [0.25, 0.3) is 10.6 Å². The smallest absolute Gasteiger partial charge is 0.276 e. The van der Waals surface area contributed by atoms with Crippen molar-refractivity contribution in [2.24, 2.45) is 0 Å². The summed E-state index contributed by atoms with van der Waals surface area (Å²) in [5.74, 6) is 0.259. The van der Waals surface area contributed by atoms with Crippen molar-refractivity contribution in [2.45, 2.75) is 6.54 Å². The molecule has 0 saturated heterocycles. The van der Waals surface area contributed by atoms with Crippen LogP contribution in [0.1, 0.15) is 15.5 Å². The molecule has 7 nitrogen and oxygen atoms in total. The van der Waals surface area contributed by atoms with Crippen molar-refractivity contribution in [2.75, 3.05) is 10.6 Å². The van der Waals surface area contributed by atoms with Gasteiger partial charge in [0.05, 0.1) is 6.54 Å². The Bertz CT molecular complexity index is 1050. The fraction of sp³-hybridized carbons (Fsp3) is 0.0500. The maximum absolute atomic E-state index is 12.2. The SMILES string of the molecule is O=C(Nc1ccccc1)c1ccc(NCc2nnc(-c3ccccc3)s2)nn1. The molecule has 0 atom stereocenters. The third-order valence-electron chi connectivity index (χ3n) is 3.84. The van der Waals surface area contributed by atoms with E-state index in [0.29, 0.717) is 18.1 Å². The van der Waals surface area contributed by atoms with Gasteiger partial charge in [-0.2, -0.15) is 0 Å². The number of hydrogen-bond donors (Lipinski definition) is 2. The van der Waals surface area contributed by atoms with E-state index in [1.54, 1.807) is 12.1 Å². The molecular formula is C20H16N6OS. The highest BCUT2D eigenvalue weighted by Crippen LogP contribution is 2.23. The van der Waals surface area contributed by atoms with Crippen molar-refractivity contribution in [1.82, 2.24) is 20.4 Å². The Morgan fingerprint density at radius 1 is 0.821 bits per heavy atom. The Kier molecular flexibility index (Phi) is 5.30. The number of para-hydroxylation sites is 1. The van der Waals surface area contributed by atoms with Gasteiger partial charge in [-0.3, -0.25) is 4.79 Å². The molecule has 0 bridgehead atoms. The van der Waals surface area contributed by atoms with Crippen molar-refractivity contribution < 1.29 is 4.79 Å². The summed E-state index contributed by atoms with van der Waals surface area (Å²) in [7, 11) is 0. The van der Waals surface area contributed by atoms with Crippen molar-refractivity contribution in [3.8, 4) is 10.6 Å². The average Bonchev–Trinajstić information content (AvgIpc) is 3.23. The Balaban J connectivity index is 1.35. The standard InChI is InChI=1S/C20H16N6OS/c27-19(22-15-9-5-2-6-10-15)16-11-12-17(24-23-16)21-13-18-25-26-20(28-18)14-7-3-1-4-8-14/h1-12H,13H2,(H,21,24)(H,22,27). The third-order valence-corrected chi connectivity index (χ3v) is 4.81. The van der Waals surface area contributed by atoms with Crippen LogP contribution >= 0.6 is 11.3 Å². The lowest BCUT2D eigenvalue weighted by atomic mass is 10.2. The Morgan fingerprint density at radius 2 is 1.57 bits per heavy atom. The Hall–Kier alpha value is -3.65. The van der Waals surface area contributed by atoms with E-state index in [1.807, 2.05) is 60.7 Å². The fourth-order valence-corrected chi connectivity index (χ4v) is 3.24. The van der Waals surface area contributed by atoms with Gasteiger partial charge in [0.1, 0.15) is 15.8 Å². The zero-order valence-corrected chi connectivity index (χ0v) is 15.6. The third kappa shape index (κ3) is 4.36. The topological polar surface area (TPSA) is 92.7 Å². The van der Waals surface area contributed by atoms with E-state index in [9.17, 15) is 4.79 Å². The summed E-state index contributed by atoms with van der Waals surface area (Å²) < 4.78 is 0. The predicted octanol–water partition coefficient (Wildman–Crippen LogP) is 3.86. The first-order valence-corrected chi connectivity index (χ1v) is 9.41. The van der Waals surface area contributed by atoms with Gasteiger partial charge in [-0.05, 0) is 24.3 Å². The lowest BCUT2D eigenvalue weighted by molar-refractivity contribution is 0.102. The van der Waals surface area contributed by atoms with Crippen LogP contribution in [-0.4, -0.2) is 26.3 Å². The largest absolute Gasteiger partial charge is 0.362 e. The van der Waals surface area contributed by atoms with Gasteiger partial charge in [0.15, 0.2) is 5.69 Å². The number of nitrogens with one attached hydrogen (secondary N) is 2. The second-order valence-electron chi connectivity index (χ2n) is 5.84. The molecule has 0 fully saturated rings. The molecule has 2 N–H and O–H groups in total. The lowest BCUT2D eigenvalue weighted by Crippen LogP contribution is -2.14. The van der Waals surface area contributed by atoms with Crippen LogP contribution < -0.4 is 10.6 Å². The van der Waals surface area contributed by atoms with Crippen LogP contribution in [0.5, 0.6) is 0 Å². The van der Waals surface area contributed by atoms with E-state index in [0.717, 1.165) is 15.6 Å². The maximum Gasteiger partial charge on any atom is 0.276 e. The molecule has 0 aliphatic rings. The number of rotatable bonds is 6. The summed E-state index contributed by atoms with van der Waals surface area (Å²) in [6.45, 7) is 0.481. The van der Waals surface area contributed by atoms with Gasteiger partial charge in [-0.15, -0.1) is 20.4 Å². The van der Waals surface area contributed by atoms with E-state index in [1.165, 1.54) is 11.3 Å². The van der Waals surface area contributed by atoms with Gasteiger partial charge >= 0.3 is 0 Å². The van der Waals surface area contributed by atoms with Crippen LogP contribution in [0.2, 0.25) is 0 Å². The molecule has 0 spiro atoms. The second-order valence-corrected chi connectivity index (χ2v) is 6.91. The van der Waals surface area contributed by atoms with E-state index in [-0.39, 0.29) is 11.6 Å². The predicted molar refractivity (Wildman–Crippen MR) is 109 cm³/mol. The molecule has 0 aliphatic heterocycles. The van der Waals surface area contributed by atoms with Crippen molar-refractivity contribution in [3.05, 3.63) is 83.5 Å². The molecule has 2 aromatic carbocycles. The van der Waals surface area contributed by atoms with Crippen molar-refractivity contribution in [3.63, 3.8) is 0 Å². The molecule has 0 unspecified atom stereocenters. The van der Waals surface area contributed by atoms with Crippen LogP contribution in [0.15, 0.2) is 72.8 Å². The average molecular weight is 388 g/mol. The summed E-state index contributed by atoms with van der Waals surface area (Å²) in [4.78, 5) is 12.2. The molecule has 1 amide bonds. The molecule has 4 aromatic rings. The highest BCUT2D eigenvalue weighted by Gasteiger charge is 2.10. The van der Waals surface area contributed by atoms with E-state index in [4.69, 9.17) is 0 Å². The van der Waals surface area contributed by atoms with Crippen molar-refractivity contribution >= 4 is 28.7 Å². The first-order chi connectivity index (χ1) is 13.8. The number of carbonyl (C=O) groups excluding carboxylic acids is 1.